The van der Waals surface area contributed by atoms with Crippen LogP contribution < -0.4 is 20.9 Å². The lowest BCUT2D eigenvalue weighted by molar-refractivity contribution is -0.116. The van der Waals surface area contributed by atoms with Gasteiger partial charge in [0.15, 0.2) is 0 Å². The fourth-order valence-corrected chi connectivity index (χ4v) is 3.06. The van der Waals surface area contributed by atoms with E-state index >= 15 is 0 Å². The second kappa shape index (κ2) is 9.96. The summed E-state index contributed by atoms with van der Waals surface area (Å²) in [4.78, 5) is 26.4. The van der Waals surface area contributed by atoms with Crippen LogP contribution in [0.25, 0.3) is 0 Å². The molecule has 1 fully saturated rings. The Morgan fingerprint density at radius 1 is 1.04 bits per heavy atom. The topological polar surface area (TPSA) is 82.7 Å². The van der Waals surface area contributed by atoms with Gasteiger partial charge < -0.3 is 25.6 Å². The van der Waals surface area contributed by atoms with Gasteiger partial charge in [-0.2, -0.15) is 0 Å². The summed E-state index contributed by atoms with van der Waals surface area (Å²) in [7, 11) is 0. The van der Waals surface area contributed by atoms with Crippen LogP contribution in [0.15, 0.2) is 48.5 Å². The van der Waals surface area contributed by atoms with E-state index in [1.54, 1.807) is 24.3 Å². The molecule has 0 radical (unpaired) electrons. The molecule has 1 saturated heterocycles. The number of anilines is 3. The number of morpholine rings is 1. The van der Waals surface area contributed by atoms with Gasteiger partial charge in [-0.15, -0.1) is 0 Å². The SMILES string of the molecule is O=C(CCNC(=O)Nc1ccccc1)Nc1cc(Cl)ccc1N1CCOCC1. The number of carbonyl (C=O) groups excluding carboxylic acids is 2. The maximum Gasteiger partial charge on any atom is 0.319 e. The van der Waals surface area contributed by atoms with Crippen LogP contribution in [0, 0.1) is 0 Å². The van der Waals surface area contributed by atoms with Crippen LogP contribution in [0.5, 0.6) is 0 Å². The largest absolute Gasteiger partial charge is 0.378 e. The minimum Gasteiger partial charge on any atom is -0.378 e. The molecule has 3 amide bonds. The predicted octanol–water partition coefficient (Wildman–Crippen LogP) is 3.33. The molecule has 0 bridgehead atoms. The summed E-state index contributed by atoms with van der Waals surface area (Å²) in [5.74, 6) is -0.197. The van der Waals surface area contributed by atoms with Gasteiger partial charge in [-0.25, -0.2) is 4.79 Å². The highest BCUT2D eigenvalue weighted by Gasteiger charge is 2.16. The number of hydrogen-bond donors (Lipinski definition) is 3. The lowest BCUT2D eigenvalue weighted by atomic mass is 10.2. The Morgan fingerprint density at radius 3 is 2.54 bits per heavy atom. The fraction of sp³-hybridized carbons (Fsp3) is 0.300. The molecule has 0 aromatic heterocycles. The predicted molar refractivity (Wildman–Crippen MR) is 111 cm³/mol. The van der Waals surface area contributed by atoms with Crippen LogP contribution in [-0.4, -0.2) is 44.8 Å². The number of amides is 3. The van der Waals surface area contributed by atoms with Gasteiger partial charge in [0.25, 0.3) is 0 Å². The lowest BCUT2D eigenvalue weighted by Gasteiger charge is -2.30. The molecule has 8 heteroatoms. The van der Waals surface area contributed by atoms with Gasteiger partial charge >= 0.3 is 6.03 Å². The molecular weight excluding hydrogens is 380 g/mol. The molecule has 2 aromatic rings. The molecule has 0 aliphatic carbocycles. The Balaban J connectivity index is 1.50. The molecule has 1 heterocycles. The molecule has 7 nitrogen and oxygen atoms in total. The average molecular weight is 403 g/mol. The molecule has 3 N–H and O–H groups in total. The van der Waals surface area contributed by atoms with E-state index < -0.39 is 0 Å². The molecule has 0 spiro atoms. The van der Waals surface area contributed by atoms with Crippen LogP contribution in [0.2, 0.25) is 5.02 Å². The highest BCUT2D eigenvalue weighted by Crippen LogP contribution is 2.30. The van der Waals surface area contributed by atoms with Crippen molar-refractivity contribution in [2.45, 2.75) is 6.42 Å². The number of nitrogens with one attached hydrogen (secondary N) is 3. The number of rotatable bonds is 6. The fourth-order valence-electron chi connectivity index (χ4n) is 2.89. The van der Waals surface area contributed by atoms with Crippen molar-refractivity contribution in [3.8, 4) is 0 Å². The number of benzene rings is 2. The lowest BCUT2D eigenvalue weighted by Crippen LogP contribution is -2.37. The molecule has 2 aromatic carbocycles. The highest BCUT2D eigenvalue weighted by atomic mass is 35.5. The summed E-state index contributed by atoms with van der Waals surface area (Å²) in [5, 5.41) is 8.82. The van der Waals surface area contributed by atoms with E-state index in [1.165, 1.54) is 0 Å². The molecule has 0 saturated carbocycles. The standard InChI is InChI=1S/C20H23ClN4O3/c21-15-6-7-18(25-10-12-28-13-11-25)17(14-15)24-19(26)8-9-22-20(27)23-16-4-2-1-3-5-16/h1-7,14H,8-13H2,(H,24,26)(H2,22,23,27). The summed E-state index contributed by atoms with van der Waals surface area (Å²) in [6.45, 7) is 3.03. The minimum atomic E-state index is -0.351. The van der Waals surface area contributed by atoms with Gasteiger partial charge in [0.1, 0.15) is 0 Å². The third-order valence-electron chi connectivity index (χ3n) is 4.25. The van der Waals surface area contributed by atoms with E-state index in [0.717, 1.165) is 18.8 Å². The summed E-state index contributed by atoms with van der Waals surface area (Å²) in [6.07, 6.45) is 0.150. The Bertz CT molecular complexity index is 810. The van der Waals surface area contributed by atoms with Crippen LogP contribution in [0.1, 0.15) is 6.42 Å². The van der Waals surface area contributed by atoms with Crippen LogP contribution in [0.3, 0.4) is 0 Å². The summed E-state index contributed by atoms with van der Waals surface area (Å²) in [6, 6.07) is 14.2. The molecular formula is C20H23ClN4O3. The van der Waals surface area contributed by atoms with Gasteiger partial charge in [-0.1, -0.05) is 29.8 Å². The van der Waals surface area contributed by atoms with E-state index in [2.05, 4.69) is 20.9 Å². The smallest absolute Gasteiger partial charge is 0.319 e. The normalized spacial score (nSPS) is 13.7. The molecule has 148 valence electrons. The zero-order valence-electron chi connectivity index (χ0n) is 15.4. The second-order valence-corrected chi connectivity index (χ2v) is 6.74. The van der Waals surface area contributed by atoms with Crippen molar-refractivity contribution in [1.29, 1.82) is 0 Å². The van der Waals surface area contributed by atoms with Crippen LogP contribution in [-0.2, 0) is 9.53 Å². The Kier molecular flexibility index (Phi) is 7.11. The molecule has 1 aliphatic rings. The molecule has 3 rings (SSSR count). The van der Waals surface area contributed by atoms with Crippen molar-refractivity contribution in [2.24, 2.45) is 0 Å². The first-order valence-electron chi connectivity index (χ1n) is 9.14. The molecule has 0 unspecified atom stereocenters. The number of nitrogens with zero attached hydrogens (tertiary/aromatic N) is 1. The zero-order valence-corrected chi connectivity index (χ0v) is 16.2. The first-order valence-corrected chi connectivity index (χ1v) is 9.51. The monoisotopic (exact) mass is 402 g/mol. The summed E-state index contributed by atoms with van der Waals surface area (Å²) < 4.78 is 5.38. The zero-order chi connectivity index (χ0) is 19.8. The van der Waals surface area contributed by atoms with E-state index in [1.807, 2.05) is 24.3 Å². The Hall–Kier alpha value is -2.77. The quantitative estimate of drug-likeness (QED) is 0.692. The van der Waals surface area contributed by atoms with E-state index in [-0.39, 0.29) is 24.9 Å². The average Bonchev–Trinajstić information content (AvgIpc) is 2.69. The number of urea groups is 1. The van der Waals surface area contributed by atoms with E-state index in [9.17, 15) is 9.59 Å². The van der Waals surface area contributed by atoms with Gasteiger partial charge in [-0.3, -0.25) is 4.79 Å². The number of halogens is 1. The first-order chi connectivity index (χ1) is 13.6. The number of ether oxygens (including phenoxy) is 1. The van der Waals surface area contributed by atoms with Crippen molar-refractivity contribution in [3.63, 3.8) is 0 Å². The van der Waals surface area contributed by atoms with Crippen LogP contribution in [0.4, 0.5) is 21.9 Å². The van der Waals surface area contributed by atoms with Crippen molar-refractivity contribution in [3.05, 3.63) is 53.6 Å². The van der Waals surface area contributed by atoms with Crippen LogP contribution >= 0.6 is 11.6 Å². The van der Waals surface area contributed by atoms with Gasteiger partial charge in [0, 0.05) is 36.8 Å². The maximum absolute atomic E-state index is 12.3. The Morgan fingerprint density at radius 2 is 1.79 bits per heavy atom. The third kappa shape index (κ3) is 5.87. The van der Waals surface area contributed by atoms with E-state index in [4.69, 9.17) is 16.3 Å². The maximum atomic E-state index is 12.3. The summed E-state index contributed by atoms with van der Waals surface area (Å²) >= 11 is 6.10. The number of para-hydroxylation sites is 1. The summed E-state index contributed by atoms with van der Waals surface area (Å²) in [5.41, 5.74) is 2.27. The van der Waals surface area contributed by atoms with Crippen molar-refractivity contribution in [2.75, 3.05) is 48.4 Å². The van der Waals surface area contributed by atoms with Crippen molar-refractivity contribution < 1.29 is 14.3 Å². The van der Waals surface area contributed by atoms with E-state index in [0.29, 0.717) is 29.6 Å². The second-order valence-electron chi connectivity index (χ2n) is 6.31. The third-order valence-corrected chi connectivity index (χ3v) is 4.49. The van der Waals surface area contributed by atoms with Gasteiger partial charge in [0.05, 0.1) is 24.6 Å². The number of hydrogen-bond acceptors (Lipinski definition) is 4. The van der Waals surface area contributed by atoms with Crippen molar-refractivity contribution in [1.82, 2.24) is 5.32 Å². The Labute approximate surface area is 169 Å². The first kappa shape index (κ1) is 20.0. The molecule has 1 aliphatic heterocycles. The van der Waals surface area contributed by atoms with Gasteiger partial charge in [0.2, 0.25) is 5.91 Å². The van der Waals surface area contributed by atoms with Crippen molar-refractivity contribution >= 4 is 40.6 Å². The minimum absolute atomic E-state index is 0.150. The molecule has 0 atom stereocenters. The number of carbonyl (C=O) groups is 2. The van der Waals surface area contributed by atoms with Gasteiger partial charge in [-0.05, 0) is 30.3 Å². The highest BCUT2D eigenvalue weighted by molar-refractivity contribution is 6.31. The molecule has 28 heavy (non-hydrogen) atoms.